The zero-order valence-electron chi connectivity index (χ0n) is 9.07. The molecule has 0 aliphatic heterocycles. The predicted molar refractivity (Wildman–Crippen MR) is 72.9 cm³/mol. The van der Waals surface area contributed by atoms with Crippen molar-refractivity contribution < 1.29 is 4.79 Å². The summed E-state index contributed by atoms with van der Waals surface area (Å²) in [5.41, 5.74) is 6.38. The number of halogens is 2. The summed E-state index contributed by atoms with van der Waals surface area (Å²) in [6, 6.07) is 7.58. The third-order valence-electron chi connectivity index (χ3n) is 1.94. The normalized spacial score (nSPS) is 11.4. The van der Waals surface area contributed by atoms with Gasteiger partial charge in [-0.2, -0.15) is 0 Å². The molecule has 1 atom stereocenters. The van der Waals surface area contributed by atoms with Crippen LogP contribution in [0, 0.1) is 0 Å². The van der Waals surface area contributed by atoms with Crippen molar-refractivity contribution in [3.63, 3.8) is 0 Å². The average Bonchev–Trinajstić information content (AvgIpc) is 2.15. The number of rotatable bonds is 4. The van der Waals surface area contributed by atoms with Crippen LogP contribution in [0.2, 0.25) is 0 Å². The van der Waals surface area contributed by atoms with Crippen molar-refractivity contribution >= 4 is 39.9 Å². The molecule has 16 heavy (non-hydrogen) atoms. The van der Waals surface area contributed by atoms with E-state index in [0.717, 1.165) is 10.2 Å². The van der Waals surface area contributed by atoms with Crippen molar-refractivity contribution in [2.45, 2.75) is 25.8 Å². The minimum Gasteiger partial charge on any atom is -0.328 e. The summed E-state index contributed by atoms with van der Waals surface area (Å²) in [6.07, 6.45) is 1.17. The Hall–Kier alpha value is -0.580. The van der Waals surface area contributed by atoms with Crippen molar-refractivity contribution in [3.8, 4) is 0 Å². The van der Waals surface area contributed by atoms with Gasteiger partial charge in [0.25, 0.3) is 0 Å². The molecule has 5 heteroatoms. The fraction of sp³-hybridized carbons (Fsp3) is 0.364. The van der Waals surface area contributed by atoms with Crippen molar-refractivity contribution in [2.24, 2.45) is 5.73 Å². The monoisotopic (exact) mass is 306 g/mol. The minimum absolute atomic E-state index is 0. The van der Waals surface area contributed by atoms with E-state index in [9.17, 15) is 4.79 Å². The van der Waals surface area contributed by atoms with Crippen LogP contribution >= 0.6 is 28.3 Å². The molecule has 0 spiro atoms. The predicted octanol–water partition coefficient (Wildman–Crippen LogP) is 2.94. The van der Waals surface area contributed by atoms with E-state index in [1.165, 1.54) is 0 Å². The van der Waals surface area contributed by atoms with Crippen LogP contribution in [0.15, 0.2) is 28.7 Å². The van der Waals surface area contributed by atoms with Crippen molar-refractivity contribution in [1.82, 2.24) is 0 Å². The number of carbonyl (C=O) groups is 1. The summed E-state index contributed by atoms with van der Waals surface area (Å²) in [6.45, 7) is 1.90. The molecule has 1 unspecified atom stereocenters. The Morgan fingerprint density at radius 1 is 1.56 bits per heavy atom. The number of anilines is 1. The average molecular weight is 308 g/mol. The quantitative estimate of drug-likeness (QED) is 0.898. The van der Waals surface area contributed by atoms with Crippen molar-refractivity contribution in [1.29, 1.82) is 0 Å². The third-order valence-corrected chi connectivity index (χ3v) is 2.43. The maximum absolute atomic E-state index is 11.4. The van der Waals surface area contributed by atoms with E-state index in [2.05, 4.69) is 21.2 Å². The molecule has 0 aliphatic rings. The number of carbonyl (C=O) groups excluding carboxylic acids is 1. The van der Waals surface area contributed by atoms with E-state index in [1.54, 1.807) is 0 Å². The van der Waals surface area contributed by atoms with Gasteiger partial charge in [-0.15, -0.1) is 12.4 Å². The van der Waals surface area contributed by atoms with E-state index >= 15 is 0 Å². The van der Waals surface area contributed by atoms with Gasteiger partial charge in [0.15, 0.2) is 0 Å². The lowest BCUT2D eigenvalue weighted by Crippen LogP contribution is -2.19. The number of nitrogens with two attached hydrogens (primary N) is 1. The fourth-order valence-electron chi connectivity index (χ4n) is 1.15. The minimum atomic E-state index is 0. The summed E-state index contributed by atoms with van der Waals surface area (Å²) in [5, 5.41) is 2.81. The van der Waals surface area contributed by atoms with Gasteiger partial charge in [0.1, 0.15) is 0 Å². The molecule has 0 heterocycles. The van der Waals surface area contributed by atoms with Crippen molar-refractivity contribution in [3.05, 3.63) is 28.7 Å². The molecule has 1 rings (SSSR count). The summed E-state index contributed by atoms with van der Waals surface area (Å²) < 4.78 is 0.951. The second-order valence-corrected chi connectivity index (χ2v) is 4.49. The Morgan fingerprint density at radius 3 is 2.81 bits per heavy atom. The largest absolute Gasteiger partial charge is 0.328 e. The number of hydrogen-bond acceptors (Lipinski definition) is 2. The highest BCUT2D eigenvalue weighted by atomic mass is 79.9. The zero-order valence-corrected chi connectivity index (χ0v) is 11.5. The Bertz CT molecular complexity index is 345. The lowest BCUT2D eigenvalue weighted by molar-refractivity contribution is -0.116. The Balaban J connectivity index is 0.00000225. The molecule has 0 radical (unpaired) electrons. The summed E-state index contributed by atoms with van der Waals surface area (Å²) >= 11 is 3.34. The number of benzene rings is 1. The van der Waals surface area contributed by atoms with Crippen LogP contribution in [0.5, 0.6) is 0 Å². The van der Waals surface area contributed by atoms with Crippen LogP contribution in [0.3, 0.4) is 0 Å². The van der Waals surface area contributed by atoms with E-state index in [4.69, 9.17) is 5.73 Å². The molecule has 0 aliphatic carbocycles. The van der Waals surface area contributed by atoms with Gasteiger partial charge in [0, 0.05) is 22.6 Å². The van der Waals surface area contributed by atoms with E-state index in [0.29, 0.717) is 12.8 Å². The Labute approximate surface area is 110 Å². The van der Waals surface area contributed by atoms with Gasteiger partial charge >= 0.3 is 0 Å². The van der Waals surface area contributed by atoms with Gasteiger partial charge < -0.3 is 11.1 Å². The third kappa shape index (κ3) is 6.10. The number of nitrogens with one attached hydrogen (secondary N) is 1. The molecule has 0 fully saturated rings. The molecule has 3 nitrogen and oxygen atoms in total. The van der Waals surface area contributed by atoms with Gasteiger partial charge in [-0.05, 0) is 31.5 Å². The fourth-order valence-corrected chi connectivity index (χ4v) is 1.55. The lowest BCUT2D eigenvalue weighted by Gasteiger charge is -2.06. The first kappa shape index (κ1) is 15.4. The van der Waals surface area contributed by atoms with Gasteiger partial charge in [-0.25, -0.2) is 0 Å². The first-order valence-electron chi connectivity index (χ1n) is 4.89. The highest BCUT2D eigenvalue weighted by Gasteiger charge is 2.03. The summed E-state index contributed by atoms with van der Waals surface area (Å²) in [7, 11) is 0. The molecule has 1 amide bonds. The Kier molecular flexibility index (Phi) is 7.38. The first-order valence-corrected chi connectivity index (χ1v) is 5.68. The highest BCUT2D eigenvalue weighted by Crippen LogP contribution is 2.15. The first-order chi connectivity index (χ1) is 7.08. The van der Waals surface area contributed by atoms with Crippen LogP contribution < -0.4 is 11.1 Å². The molecule has 90 valence electrons. The molecule has 1 aromatic rings. The molecular weight excluding hydrogens is 291 g/mol. The van der Waals surface area contributed by atoms with E-state index < -0.39 is 0 Å². The topological polar surface area (TPSA) is 55.1 Å². The zero-order chi connectivity index (χ0) is 11.3. The van der Waals surface area contributed by atoms with Crippen LogP contribution in [-0.2, 0) is 4.79 Å². The molecule has 0 saturated carbocycles. The molecule has 1 aromatic carbocycles. The van der Waals surface area contributed by atoms with Crippen LogP contribution in [0.1, 0.15) is 19.8 Å². The number of hydrogen-bond donors (Lipinski definition) is 2. The van der Waals surface area contributed by atoms with Crippen molar-refractivity contribution in [2.75, 3.05) is 5.32 Å². The van der Waals surface area contributed by atoms with Gasteiger partial charge in [-0.1, -0.05) is 22.0 Å². The smallest absolute Gasteiger partial charge is 0.224 e. The van der Waals surface area contributed by atoms with Crippen LogP contribution in [0.4, 0.5) is 5.69 Å². The van der Waals surface area contributed by atoms with E-state index in [1.807, 2.05) is 31.2 Å². The molecule has 0 saturated heterocycles. The van der Waals surface area contributed by atoms with Gasteiger partial charge in [-0.3, -0.25) is 4.79 Å². The van der Waals surface area contributed by atoms with Crippen LogP contribution in [-0.4, -0.2) is 11.9 Å². The van der Waals surface area contributed by atoms with Crippen LogP contribution in [0.25, 0.3) is 0 Å². The number of amides is 1. The SMILES string of the molecule is CC(N)CCC(=O)Nc1cccc(Br)c1.Cl. The second-order valence-electron chi connectivity index (χ2n) is 3.57. The van der Waals surface area contributed by atoms with Gasteiger partial charge in [0.2, 0.25) is 5.91 Å². The lowest BCUT2D eigenvalue weighted by atomic mass is 10.2. The standard InChI is InChI=1S/C11H15BrN2O.ClH/c1-8(13)5-6-11(15)14-10-4-2-3-9(12)7-10;/h2-4,7-8H,5-6,13H2,1H3,(H,14,15);1H. The maximum Gasteiger partial charge on any atom is 0.224 e. The van der Waals surface area contributed by atoms with E-state index in [-0.39, 0.29) is 24.4 Å². The molecule has 0 aromatic heterocycles. The second kappa shape index (κ2) is 7.65. The highest BCUT2D eigenvalue weighted by molar-refractivity contribution is 9.10. The van der Waals surface area contributed by atoms with Gasteiger partial charge in [0.05, 0.1) is 0 Å². The summed E-state index contributed by atoms with van der Waals surface area (Å²) in [4.78, 5) is 11.4. The molecule has 3 N–H and O–H groups in total. The molecular formula is C11H16BrClN2O. The maximum atomic E-state index is 11.4. The summed E-state index contributed by atoms with van der Waals surface area (Å²) in [5.74, 6) is 0.00500. The molecule has 0 bridgehead atoms. The Morgan fingerprint density at radius 2 is 2.25 bits per heavy atom.